The van der Waals surface area contributed by atoms with Gasteiger partial charge < -0.3 is 10.4 Å². The van der Waals surface area contributed by atoms with Gasteiger partial charge in [0.1, 0.15) is 5.60 Å². The molecule has 1 aromatic rings. The maximum Gasteiger partial charge on any atom is 0.222 e. The molecular formula is C13H21NO2S. The van der Waals surface area contributed by atoms with Crippen LogP contribution in [0.4, 0.5) is 0 Å². The van der Waals surface area contributed by atoms with Crippen molar-refractivity contribution in [3.05, 3.63) is 22.4 Å². The molecule has 0 aliphatic heterocycles. The standard InChI is InChI=1S/C13H21NO2S/c1-4-5-10(2)12(15)14-9-13(3,16)11-6-7-17-8-11/h6-8,10,16H,4-5,9H2,1-3H3,(H,14,15). The largest absolute Gasteiger partial charge is 0.384 e. The highest BCUT2D eigenvalue weighted by Crippen LogP contribution is 2.22. The van der Waals surface area contributed by atoms with Gasteiger partial charge in [-0.2, -0.15) is 11.3 Å². The van der Waals surface area contributed by atoms with E-state index in [1.54, 1.807) is 18.3 Å². The average molecular weight is 255 g/mol. The molecule has 2 unspecified atom stereocenters. The molecule has 0 bridgehead atoms. The summed E-state index contributed by atoms with van der Waals surface area (Å²) in [5.74, 6) is 0.0284. The van der Waals surface area contributed by atoms with Crippen LogP contribution in [0.2, 0.25) is 0 Å². The molecule has 1 heterocycles. The maximum absolute atomic E-state index is 11.7. The highest BCUT2D eigenvalue weighted by atomic mass is 32.1. The molecule has 1 aromatic heterocycles. The van der Waals surface area contributed by atoms with Gasteiger partial charge in [0.15, 0.2) is 0 Å². The third-order valence-electron chi connectivity index (χ3n) is 2.92. The summed E-state index contributed by atoms with van der Waals surface area (Å²) in [6.07, 6.45) is 1.88. The van der Waals surface area contributed by atoms with Gasteiger partial charge in [-0.15, -0.1) is 0 Å². The molecule has 1 rings (SSSR count). The van der Waals surface area contributed by atoms with Crippen molar-refractivity contribution in [2.45, 2.75) is 39.2 Å². The Morgan fingerprint density at radius 2 is 2.35 bits per heavy atom. The Balaban J connectivity index is 2.47. The first-order valence-electron chi connectivity index (χ1n) is 6.00. The molecule has 1 amide bonds. The number of hydrogen-bond acceptors (Lipinski definition) is 3. The van der Waals surface area contributed by atoms with E-state index in [1.165, 1.54) is 0 Å². The second kappa shape index (κ2) is 6.17. The van der Waals surface area contributed by atoms with E-state index in [4.69, 9.17) is 0 Å². The predicted molar refractivity (Wildman–Crippen MR) is 71.0 cm³/mol. The van der Waals surface area contributed by atoms with Gasteiger partial charge in [0.2, 0.25) is 5.91 Å². The van der Waals surface area contributed by atoms with Crippen LogP contribution in [0, 0.1) is 5.92 Å². The van der Waals surface area contributed by atoms with Crippen LogP contribution < -0.4 is 5.32 Å². The minimum atomic E-state index is -0.985. The van der Waals surface area contributed by atoms with E-state index in [0.29, 0.717) is 0 Å². The topological polar surface area (TPSA) is 49.3 Å². The van der Waals surface area contributed by atoms with Gasteiger partial charge in [-0.3, -0.25) is 4.79 Å². The van der Waals surface area contributed by atoms with Crippen LogP contribution in [0.3, 0.4) is 0 Å². The monoisotopic (exact) mass is 255 g/mol. The van der Waals surface area contributed by atoms with Crippen LogP contribution in [0.25, 0.3) is 0 Å². The number of amides is 1. The van der Waals surface area contributed by atoms with Crippen molar-refractivity contribution in [1.29, 1.82) is 0 Å². The average Bonchev–Trinajstić information content (AvgIpc) is 2.80. The number of aliphatic hydroxyl groups is 1. The van der Waals surface area contributed by atoms with E-state index in [9.17, 15) is 9.90 Å². The third kappa shape index (κ3) is 4.13. The van der Waals surface area contributed by atoms with Crippen LogP contribution in [-0.2, 0) is 10.4 Å². The van der Waals surface area contributed by atoms with Crippen LogP contribution in [0.1, 0.15) is 39.2 Å². The summed E-state index contributed by atoms with van der Waals surface area (Å²) in [6.45, 7) is 5.96. The Bertz CT molecular complexity index is 346. The minimum Gasteiger partial charge on any atom is -0.384 e. The predicted octanol–water partition coefficient (Wildman–Crippen LogP) is 2.51. The number of thiophene rings is 1. The van der Waals surface area contributed by atoms with Crippen molar-refractivity contribution in [3.63, 3.8) is 0 Å². The third-order valence-corrected chi connectivity index (χ3v) is 3.60. The molecule has 0 radical (unpaired) electrons. The highest BCUT2D eigenvalue weighted by Gasteiger charge is 2.25. The molecule has 2 N–H and O–H groups in total. The Hall–Kier alpha value is -0.870. The molecule has 0 spiro atoms. The number of hydrogen-bond donors (Lipinski definition) is 2. The number of carbonyl (C=O) groups is 1. The first-order valence-corrected chi connectivity index (χ1v) is 6.94. The summed E-state index contributed by atoms with van der Waals surface area (Å²) < 4.78 is 0. The van der Waals surface area contributed by atoms with Crippen LogP contribution in [0.5, 0.6) is 0 Å². The fourth-order valence-electron chi connectivity index (χ4n) is 1.67. The molecule has 0 aromatic carbocycles. The quantitative estimate of drug-likeness (QED) is 0.820. The van der Waals surface area contributed by atoms with Crippen molar-refractivity contribution >= 4 is 17.2 Å². The summed E-state index contributed by atoms with van der Waals surface area (Å²) >= 11 is 1.54. The summed E-state index contributed by atoms with van der Waals surface area (Å²) in [5.41, 5.74) is -0.132. The lowest BCUT2D eigenvalue weighted by molar-refractivity contribution is -0.125. The molecule has 4 heteroatoms. The lowest BCUT2D eigenvalue weighted by Gasteiger charge is -2.23. The Labute approximate surface area is 107 Å². The van der Waals surface area contributed by atoms with Crippen molar-refractivity contribution in [1.82, 2.24) is 5.32 Å². The van der Waals surface area contributed by atoms with Gasteiger partial charge in [0.25, 0.3) is 0 Å². The van der Waals surface area contributed by atoms with E-state index in [0.717, 1.165) is 18.4 Å². The van der Waals surface area contributed by atoms with Crippen LogP contribution in [-0.4, -0.2) is 17.6 Å². The molecule has 0 saturated carbocycles. The van der Waals surface area contributed by atoms with E-state index < -0.39 is 5.60 Å². The van der Waals surface area contributed by atoms with Crippen molar-refractivity contribution < 1.29 is 9.90 Å². The van der Waals surface area contributed by atoms with E-state index in [2.05, 4.69) is 12.2 Å². The maximum atomic E-state index is 11.7. The Kier molecular flexibility index (Phi) is 5.15. The SMILES string of the molecule is CCCC(C)C(=O)NCC(C)(O)c1ccsc1. The summed E-state index contributed by atoms with van der Waals surface area (Å²) in [7, 11) is 0. The van der Waals surface area contributed by atoms with Crippen LogP contribution >= 0.6 is 11.3 Å². The second-order valence-corrected chi connectivity index (χ2v) is 5.47. The van der Waals surface area contributed by atoms with Crippen molar-refractivity contribution in [3.8, 4) is 0 Å². The molecule has 96 valence electrons. The smallest absolute Gasteiger partial charge is 0.222 e. The fraction of sp³-hybridized carbons (Fsp3) is 0.615. The van der Waals surface area contributed by atoms with Gasteiger partial charge in [0, 0.05) is 5.92 Å². The number of nitrogens with one attached hydrogen (secondary N) is 1. The van der Waals surface area contributed by atoms with Gasteiger partial charge in [-0.25, -0.2) is 0 Å². The summed E-state index contributed by atoms with van der Waals surface area (Å²) in [6, 6.07) is 1.88. The van der Waals surface area contributed by atoms with E-state index in [1.807, 2.05) is 23.8 Å². The molecule has 0 aliphatic rings. The summed E-state index contributed by atoms with van der Waals surface area (Å²) in [4.78, 5) is 11.7. The van der Waals surface area contributed by atoms with Gasteiger partial charge in [-0.1, -0.05) is 20.3 Å². The fourth-order valence-corrected chi connectivity index (χ4v) is 2.45. The van der Waals surface area contributed by atoms with Crippen molar-refractivity contribution in [2.75, 3.05) is 6.54 Å². The number of carbonyl (C=O) groups excluding carboxylic acids is 1. The molecule has 0 aliphatic carbocycles. The zero-order chi connectivity index (χ0) is 12.9. The highest BCUT2D eigenvalue weighted by molar-refractivity contribution is 7.08. The lowest BCUT2D eigenvalue weighted by Crippen LogP contribution is -2.40. The van der Waals surface area contributed by atoms with E-state index in [-0.39, 0.29) is 18.4 Å². The van der Waals surface area contributed by atoms with Crippen LogP contribution in [0.15, 0.2) is 16.8 Å². The van der Waals surface area contributed by atoms with E-state index >= 15 is 0 Å². The van der Waals surface area contributed by atoms with Gasteiger partial charge in [0.05, 0.1) is 6.54 Å². The summed E-state index contributed by atoms with van der Waals surface area (Å²) in [5, 5.41) is 16.9. The number of rotatable bonds is 6. The normalized spacial score (nSPS) is 16.2. The Morgan fingerprint density at radius 1 is 1.65 bits per heavy atom. The van der Waals surface area contributed by atoms with Crippen molar-refractivity contribution in [2.24, 2.45) is 5.92 Å². The Morgan fingerprint density at radius 3 is 2.88 bits per heavy atom. The zero-order valence-corrected chi connectivity index (χ0v) is 11.5. The molecule has 2 atom stereocenters. The molecule has 17 heavy (non-hydrogen) atoms. The second-order valence-electron chi connectivity index (χ2n) is 4.69. The minimum absolute atomic E-state index is 0.0123. The zero-order valence-electron chi connectivity index (χ0n) is 10.7. The first-order chi connectivity index (χ1) is 7.97. The molecule has 0 saturated heterocycles. The lowest BCUT2D eigenvalue weighted by atomic mass is 9.98. The molecule has 0 fully saturated rings. The molecule has 3 nitrogen and oxygen atoms in total. The molecular weight excluding hydrogens is 234 g/mol. The van der Waals surface area contributed by atoms with Gasteiger partial charge >= 0.3 is 0 Å². The first kappa shape index (κ1) is 14.2. The van der Waals surface area contributed by atoms with Gasteiger partial charge in [-0.05, 0) is 35.7 Å².